The van der Waals surface area contributed by atoms with Crippen LogP contribution in [0, 0.1) is 11.8 Å². The van der Waals surface area contributed by atoms with Gasteiger partial charge < -0.3 is 62.1 Å². The highest BCUT2D eigenvalue weighted by Gasteiger charge is 2.50. The van der Waals surface area contributed by atoms with Gasteiger partial charge in [0.05, 0.1) is 0 Å². The van der Waals surface area contributed by atoms with Crippen LogP contribution in [0.25, 0.3) is 0 Å². The highest BCUT2D eigenvalue weighted by Crippen LogP contribution is 2.58. The van der Waals surface area contributed by atoms with E-state index in [0.29, 0.717) is 35.6 Å². The molecule has 8 N–H and O–H groups in total. The molecular formula is C41H74N18. The molecule has 0 amide bonds. The Morgan fingerprint density at radius 3 is 0.949 bits per heavy atom. The Bertz CT molecular complexity index is 1330. The Labute approximate surface area is 352 Å². The molecule has 4 saturated heterocycles. The molecule has 2 aliphatic carbocycles. The van der Waals surface area contributed by atoms with E-state index in [4.69, 9.17) is 29.9 Å². The summed E-state index contributed by atoms with van der Waals surface area (Å²) < 4.78 is 0. The minimum atomic E-state index is 0.243. The van der Waals surface area contributed by atoms with Crippen LogP contribution in [0.4, 0.5) is 23.8 Å². The van der Waals surface area contributed by atoms with E-state index in [-0.39, 0.29) is 11.8 Å². The van der Waals surface area contributed by atoms with Crippen molar-refractivity contribution in [1.82, 2.24) is 70.8 Å². The molecule has 2 atom stereocenters. The van der Waals surface area contributed by atoms with Gasteiger partial charge in [-0.05, 0) is 83.0 Å². The lowest BCUT2D eigenvalue weighted by molar-refractivity contribution is 0.240. The number of nitrogens with one attached hydrogen (secondary N) is 8. The minimum absolute atomic E-state index is 0.243. The van der Waals surface area contributed by atoms with E-state index < -0.39 is 0 Å². The molecule has 328 valence electrons. The second-order valence-corrected chi connectivity index (χ2v) is 17.6. The standard InChI is InChI=1S/C41H74N18/c1(17-56-21-9-42-10-22-56)5-46-38-50-36(51-39(54-38)47-6-2-18-57-23-11-43-12-24-57)34-30-32-29-33(34)35(31-32)37-52-40(48-7-3-19-58-25-13-44-14-26-58)55-41(53-37)49-8-4-20-59-27-15-45-16-28-59/h32-35,42-45H,1-31H2,(H2,46,47,50,51,54)(H2,48,49,52,53,55). The molecule has 6 aliphatic rings. The third-order valence-electron chi connectivity index (χ3n) is 13.4. The molecule has 6 fully saturated rings. The highest BCUT2D eigenvalue weighted by atomic mass is 15.3. The van der Waals surface area contributed by atoms with Crippen LogP contribution in [0.1, 0.15) is 68.4 Å². The van der Waals surface area contributed by atoms with Crippen molar-refractivity contribution in [1.29, 1.82) is 0 Å². The summed E-state index contributed by atoms with van der Waals surface area (Å²) in [5, 5.41) is 28.2. The van der Waals surface area contributed by atoms with E-state index in [1.54, 1.807) is 0 Å². The van der Waals surface area contributed by atoms with Crippen LogP contribution >= 0.6 is 0 Å². The molecule has 2 saturated carbocycles. The second kappa shape index (κ2) is 22.7. The van der Waals surface area contributed by atoms with Crippen LogP contribution in [0.2, 0.25) is 0 Å². The molecule has 6 heterocycles. The van der Waals surface area contributed by atoms with Gasteiger partial charge in [-0.3, -0.25) is 0 Å². The summed E-state index contributed by atoms with van der Waals surface area (Å²) in [7, 11) is 0. The molecule has 2 bridgehead atoms. The monoisotopic (exact) mass is 819 g/mol. The fourth-order valence-corrected chi connectivity index (χ4v) is 10.1. The smallest absolute Gasteiger partial charge is 0.227 e. The molecule has 2 unspecified atom stereocenters. The number of hydrogen-bond donors (Lipinski definition) is 8. The lowest BCUT2D eigenvalue weighted by Crippen LogP contribution is -2.44. The molecule has 0 spiro atoms. The predicted molar refractivity (Wildman–Crippen MR) is 236 cm³/mol. The lowest BCUT2D eigenvalue weighted by Gasteiger charge is -2.29. The van der Waals surface area contributed by atoms with Crippen molar-refractivity contribution in [2.75, 3.05) is 178 Å². The first-order valence-electron chi connectivity index (χ1n) is 23.4. The first kappa shape index (κ1) is 42.6. The largest absolute Gasteiger partial charge is 0.354 e. The molecule has 0 radical (unpaired) electrons. The minimum Gasteiger partial charge on any atom is -0.354 e. The summed E-state index contributed by atoms with van der Waals surface area (Å²) in [6.07, 6.45) is 7.61. The maximum Gasteiger partial charge on any atom is 0.227 e. The van der Waals surface area contributed by atoms with Crippen molar-refractivity contribution in [3.8, 4) is 0 Å². The number of hydrogen-bond acceptors (Lipinski definition) is 18. The van der Waals surface area contributed by atoms with E-state index in [2.05, 4.69) is 62.1 Å². The van der Waals surface area contributed by atoms with Gasteiger partial charge in [0.25, 0.3) is 0 Å². The average molecular weight is 819 g/mol. The zero-order chi connectivity index (χ0) is 39.9. The number of rotatable bonds is 22. The average Bonchev–Trinajstić information content (AvgIpc) is 3.91. The third-order valence-corrected chi connectivity index (χ3v) is 13.4. The van der Waals surface area contributed by atoms with Gasteiger partial charge in [-0.15, -0.1) is 0 Å². The fourth-order valence-electron chi connectivity index (χ4n) is 10.1. The number of anilines is 4. The van der Waals surface area contributed by atoms with Crippen LogP contribution in [0.3, 0.4) is 0 Å². The van der Waals surface area contributed by atoms with E-state index in [1.807, 2.05) is 0 Å². The van der Waals surface area contributed by atoms with Crippen molar-refractivity contribution in [3.63, 3.8) is 0 Å². The maximum absolute atomic E-state index is 5.15. The van der Waals surface area contributed by atoms with Crippen molar-refractivity contribution in [2.45, 2.75) is 56.8 Å². The number of aromatic nitrogens is 6. The Kier molecular flexibility index (Phi) is 16.4. The summed E-state index contributed by atoms with van der Waals surface area (Å²) in [5.41, 5.74) is 0. The number of fused-ring (bicyclic) bond motifs is 2. The van der Waals surface area contributed by atoms with Crippen LogP contribution in [-0.4, -0.2) is 207 Å². The van der Waals surface area contributed by atoms with Gasteiger partial charge in [0, 0.05) is 143 Å². The van der Waals surface area contributed by atoms with Gasteiger partial charge in [-0.25, -0.2) is 0 Å². The maximum atomic E-state index is 5.15. The van der Waals surface area contributed by atoms with E-state index in [0.717, 1.165) is 214 Å². The van der Waals surface area contributed by atoms with Crippen molar-refractivity contribution in [3.05, 3.63) is 11.6 Å². The zero-order valence-corrected chi connectivity index (χ0v) is 35.7. The van der Waals surface area contributed by atoms with Gasteiger partial charge in [-0.1, -0.05) is 0 Å². The molecule has 59 heavy (non-hydrogen) atoms. The van der Waals surface area contributed by atoms with Gasteiger partial charge in [0.1, 0.15) is 11.6 Å². The van der Waals surface area contributed by atoms with Gasteiger partial charge in [0.15, 0.2) is 0 Å². The van der Waals surface area contributed by atoms with Crippen LogP contribution in [0.5, 0.6) is 0 Å². The molecule has 8 rings (SSSR count). The van der Waals surface area contributed by atoms with Crippen molar-refractivity contribution < 1.29 is 0 Å². The van der Waals surface area contributed by atoms with E-state index in [9.17, 15) is 0 Å². The summed E-state index contributed by atoms with van der Waals surface area (Å²) in [6.45, 7) is 25.3. The first-order chi connectivity index (χ1) is 29.2. The Hall–Kier alpha value is -3.10. The predicted octanol–water partition coefficient (Wildman–Crippen LogP) is 0.183. The SMILES string of the molecule is C(CNc1nc(NCCCN2CCNCC2)nc(C2CC3CC(c4nc(NCCCN5CCNCC5)nc(NCCCN5CCNCC5)n4)C2C3)n1)CN1CCNCC1. The van der Waals surface area contributed by atoms with Crippen molar-refractivity contribution in [2.24, 2.45) is 11.8 Å². The summed E-state index contributed by atoms with van der Waals surface area (Å²) in [6, 6.07) is 0. The molecule has 0 aromatic carbocycles. The van der Waals surface area contributed by atoms with Crippen molar-refractivity contribution >= 4 is 23.8 Å². The van der Waals surface area contributed by atoms with Gasteiger partial charge in [-0.2, -0.15) is 29.9 Å². The molecule has 4 aliphatic heterocycles. The Morgan fingerprint density at radius 1 is 0.390 bits per heavy atom. The van der Waals surface area contributed by atoms with E-state index in [1.165, 1.54) is 0 Å². The third kappa shape index (κ3) is 13.0. The molecule has 18 nitrogen and oxygen atoms in total. The Balaban J connectivity index is 0.936. The summed E-state index contributed by atoms with van der Waals surface area (Å²) in [4.78, 5) is 40.6. The molecular weight excluding hydrogens is 745 g/mol. The molecule has 2 aromatic rings. The zero-order valence-electron chi connectivity index (χ0n) is 35.7. The summed E-state index contributed by atoms with van der Waals surface area (Å²) >= 11 is 0. The molecule has 2 aromatic heterocycles. The second-order valence-electron chi connectivity index (χ2n) is 17.6. The van der Waals surface area contributed by atoms with Crippen LogP contribution < -0.4 is 42.5 Å². The van der Waals surface area contributed by atoms with Crippen LogP contribution in [0.15, 0.2) is 0 Å². The topological polar surface area (TPSA) is 187 Å². The number of nitrogens with zero attached hydrogens (tertiary/aromatic N) is 10. The quantitative estimate of drug-likeness (QED) is 0.0752. The van der Waals surface area contributed by atoms with Crippen LogP contribution in [-0.2, 0) is 0 Å². The van der Waals surface area contributed by atoms with Gasteiger partial charge >= 0.3 is 0 Å². The normalized spacial score (nSPS) is 26.0. The van der Waals surface area contributed by atoms with Gasteiger partial charge in [0.2, 0.25) is 23.8 Å². The highest BCUT2D eigenvalue weighted by molar-refractivity contribution is 5.38. The fraction of sp³-hybridized carbons (Fsp3) is 0.854. The number of piperazine rings is 4. The molecule has 18 heteroatoms. The lowest BCUT2D eigenvalue weighted by atomic mass is 9.79. The summed E-state index contributed by atoms with van der Waals surface area (Å²) in [5.74, 6) is 6.08. The first-order valence-corrected chi connectivity index (χ1v) is 23.4. The van der Waals surface area contributed by atoms with E-state index >= 15 is 0 Å². The Morgan fingerprint density at radius 2 is 0.678 bits per heavy atom.